The van der Waals surface area contributed by atoms with Crippen molar-refractivity contribution in [3.05, 3.63) is 213 Å². The molecule has 80 heavy (non-hydrogen) atoms. The molecule has 0 bridgehead atoms. The van der Waals surface area contributed by atoms with Gasteiger partial charge in [-0.1, -0.05) is 47.5 Å². The van der Waals surface area contributed by atoms with Crippen molar-refractivity contribution in [1.82, 2.24) is 51.0 Å². The summed E-state index contributed by atoms with van der Waals surface area (Å²) in [6.45, 7) is 0. The molecule has 0 radical (unpaired) electrons. The number of carbonyl (C=O) groups excluding carboxylic acids is 5. The van der Waals surface area contributed by atoms with Gasteiger partial charge in [-0.2, -0.15) is 9.36 Å². The first kappa shape index (κ1) is 57.0. The van der Waals surface area contributed by atoms with E-state index in [9.17, 15) is 43.5 Å². The molecule has 0 aliphatic heterocycles. The highest BCUT2D eigenvalue weighted by atomic mass is 35.5. The summed E-state index contributed by atoms with van der Waals surface area (Å²) in [6, 6.07) is 31.2. The summed E-state index contributed by atoms with van der Waals surface area (Å²) >= 11 is 12.3. The van der Waals surface area contributed by atoms with Crippen molar-refractivity contribution in [3.63, 3.8) is 0 Å². The number of hydrogen-bond donors (Lipinski definition) is 8. The van der Waals surface area contributed by atoms with E-state index in [1.54, 1.807) is 66.7 Å². The lowest BCUT2D eigenvalue weighted by atomic mass is 10.0. The number of nitrogens with zero attached hydrogens (tertiary/aromatic N) is 8. The van der Waals surface area contributed by atoms with Crippen molar-refractivity contribution in [3.8, 4) is 11.4 Å². The number of amides is 5. The largest absolute Gasteiger partial charge is 0.478 e. The highest BCUT2D eigenvalue weighted by Gasteiger charge is 2.24. The van der Waals surface area contributed by atoms with Crippen LogP contribution < -0.4 is 27.0 Å². The molecular formula is C54H43Cl2N13O11. The van der Waals surface area contributed by atoms with Crippen LogP contribution in [0.5, 0.6) is 0 Å². The molecule has 5 amide bonds. The molecule has 24 nitrogen and oxygen atoms in total. The molecule has 8 aromatic rings. The number of primary amides is 1. The lowest BCUT2D eigenvalue weighted by molar-refractivity contribution is -0.123. The normalized spacial score (nSPS) is 11.6. The fraction of sp³-hybridized carbons (Fsp3) is 0.0741. The molecule has 26 heteroatoms. The number of tetrazole rings is 2. The zero-order chi connectivity index (χ0) is 57.3. The van der Waals surface area contributed by atoms with E-state index in [1.807, 2.05) is 0 Å². The van der Waals surface area contributed by atoms with Gasteiger partial charge >= 0.3 is 17.9 Å². The van der Waals surface area contributed by atoms with Gasteiger partial charge in [0.15, 0.2) is 0 Å². The Balaban J connectivity index is 0.000000231. The Kier molecular flexibility index (Phi) is 19.1. The van der Waals surface area contributed by atoms with Gasteiger partial charge in [-0.25, -0.2) is 14.4 Å². The Morgan fingerprint density at radius 2 is 0.912 bits per heavy atom. The second-order valence-electron chi connectivity index (χ2n) is 16.9. The van der Waals surface area contributed by atoms with Gasteiger partial charge in [0.2, 0.25) is 29.5 Å². The molecule has 6 aromatic carbocycles. The lowest BCUT2D eigenvalue weighted by Gasteiger charge is -2.18. The number of carboxylic acid groups (broad SMARTS) is 3. The minimum absolute atomic E-state index is 0.0210. The maximum Gasteiger partial charge on any atom is 0.335 e. The molecule has 0 aliphatic rings. The molecule has 0 saturated carbocycles. The first-order valence-electron chi connectivity index (χ1n) is 23.4. The van der Waals surface area contributed by atoms with Crippen LogP contribution in [0, 0.1) is 0 Å². The first-order chi connectivity index (χ1) is 38.4. The van der Waals surface area contributed by atoms with Crippen LogP contribution in [-0.2, 0) is 32.0 Å². The zero-order valence-corrected chi connectivity index (χ0v) is 42.8. The van der Waals surface area contributed by atoms with E-state index in [4.69, 9.17) is 39.1 Å². The molecule has 0 spiro atoms. The predicted molar refractivity (Wildman–Crippen MR) is 290 cm³/mol. The fourth-order valence-corrected chi connectivity index (χ4v) is 7.83. The van der Waals surface area contributed by atoms with Gasteiger partial charge in [0.05, 0.1) is 28.1 Å². The minimum Gasteiger partial charge on any atom is -0.478 e. The minimum atomic E-state index is -1.13. The number of carboxylic acids is 3. The Bertz CT molecular complexity index is 3410. The molecule has 9 N–H and O–H groups in total. The lowest BCUT2D eigenvalue weighted by Crippen LogP contribution is -2.44. The van der Waals surface area contributed by atoms with E-state index in [1.165, 1.54) is 113 Å². The van der Waals surface area contributed by atoms with Gasteiger partial charge in [0.1, 0.15) is 24.7 Å². The molecule has 2 heterocycles. The van der Waals surface area contributed by atoms with E-state index in [0.29, 0.717) is 55.0 Å². The van der Waals surface area contributed by atoms with E-state index in [2.05, 4.69) is 52.3 Å². The van der Waals surface area contributed by atoms with Gasteiger partial charge in [-0.3, -0.25) is 24.0 Å². The molecule has 0 aliphatic carbocycles. The van der Waals surface area contributed by atoms with E-state index in [-0.39, 0.29) is 35.1 Å². The van der Waals surface area contributed by atoms with Gasteiger partial charge < -0.3 is 42.3 Å². The average Bonchev–Trinajstić information content (AvgIpc) is 4.19. The van der Waals surface area contributed by atoms with Crippen LogP contribution in [0.4, 0.5) is 11.4 Å². The fourth-order valence-electron chi connectivity index (χ4n) is 7.47. The predicted octanol–water partition coefficient (Wildman–Crippen LogP) is 5.58. The summed E-state index contributed by atoms with van der Waals surface area (Å²) in [5.74, 6) is -6.34. The number of nitrogens with two attached hydrogens (primary N) is 1. The van der Waals surface area contributed by atoms with Crippen LogP contribution in [0.25, 0.3) is 23.5 Å². The third-order valence-electron chi connectivity index (χ3n) is 11.3. The van der Waals surface area contributed by atoms with Gasteiger partial charge in [-0.05, 0) is 153 Å². The maximum absolute atomic E-state index is 13.2. The van der Waals surface area contributed by atoms with Crippen LogP contribution in [-0.4, -0.2) is 115 Å². The Morgan fingerprint density at radius 3 is 1.29 bits per heavy atom. The molecule has 8 rings (SSSR count). The van der Waals surface area contributed by atoms with Crippen molar-refractivity contribution < 1.29 is 53.7 Å². The average molecular weight is 1120 g/mol. The number of hydrogen-bond acceptors (Lipinski definition) is 14. The SMILES string of the molecule is NC(=O)c1cccc(C[C@H](NC(=O)/C=C/c2cc(Cl)ccc2-n2cnnn2)C(=O)Nc2ccc(C(=O)O)cc2)c1.O=C(/C=C/c1cc(Cl)ccc1-n1cnnn1)N[C@@H](Cc1cccc(C(=O)O)c1)C(=O)Nc1ccc(C(=O)O)cc1. The molecule has 2 aromatic heterocycles. The molecule has 0 saturated heterocycles. The topological polar surface area (TPSA) is 359 Å². The van der Waals surface area contributed by atoms with Crippen LogP contribution in [0.2, 0.25) is 10.0 Å². The number of benzene rings is 6. The van der Waals surface area contributed by atoms with Crippen molar-refractivity contribution in [2.45, 2.75) is 24.9 Å². The second-order valence-corrected chi connectivity index (χ2v) is 17.8. The van der Waals surface area contributed by atoms with Crippen LogP contribution in [0.1, 0.15) is 63.7 Å². The van der Waals surface area contributed by atoms with Crippen LogP contribution in [0.15, 0.2) is 158 Å². The third kappa shape index (κ3) is 16.2. The summed E-state index contributed by atoms with van der Waals surface area (Å²) in [7, 11) is 0. The number of carbonyl (C=O) groups is 8. The number of rotatable bonds is 20. The number of anilines is 2. The highest BCUT2D eigenvalue weighted by molar-refractivity contribution is 6.31. The Labute approximate surface area is 462 Å². The second kappa shape index (κ2) is 26.9. The molecule has 404 valence electrons. The quantitative estimate of drug-likeness (QED) is 0.0431. The number of aromatic nitrogens is 8. The highest BCUT2D eigenvalue weighted by Crippen LogP contribution is 2.23. The zero-order valence-electron chi connectivity index (χ0n) is 41.3. The Morgan fingerprint density at radius 1 is 0.512 bits per heavy atom. The van der Waals surface area contributed by atoms with Crippen molar-refractivity contribution in [1.29, 1.82) is 0 Å². The number of aromatic carboxylic acids is 3. The van der Waals surface area contributed by atoms with E-state index < -0.39 is 59.5 Å². The molecular weight excluding hydrogens is 1080 g/mol. The number of nitrogens with one attached hydrogen (secondary N) is 4. The monoisotopic (exact) mass is 1120 g/mol. The summed E-state index contributed by atoms with van der Waals surface area (Å²) in [5, 5.41) is 61.1. The van der Waals surface area contributed by atoms with Crippen molar-refractivity contribution >= 4 is 94.2 Å². The number of halogens is 2. The van der Waals surface area contributed by atoms with Crippen molar-refractivity contribution in [2.75, 3.05) is 10.6 Å². The summed E-state index contributed by atoms with van der Waals surface area (Å²) in [5.41, 5.74) is 9.70. The molecule has 2 atom stereocenters. The summed E-state index contributed by atoms with van der Waals surface area (Å²) in [4.78, 5) is 97.6. The smallest absolute Gasteiger partial charge is 0.335 e. The van der Waals surface area contributed by atoms with E-state index in [0.717, 1.165) is 0 Å². The summed E-state index contributed by atoms with van der Waals surface area (Å²) in [6.07, 6.45) is 8.24. The van der Waals surface area contributed by atoms with Crippen LogP contribution >= 0.6 is 23.2 Å². The maximum atomic E-state index is 13.2. The van der Waals surface area contributed by atoms with E-state index >= 15 is 0 Å². The van der Waals surface area contributed by atoms with Crippen molar-refractivity contribution in [2.24, 2.45) is 5.73 Å². The van der Waals surface area contributed by atoms with Gasteiger partial charge in [0, 0.05) is 63.1 Å². The third-order valence-corrected chi connectivity index (χ3v) is 11.8. The van der Waals surface area contributed by atoms with Gasteiger partial charge in [0.25, 0.3) is 0 Å². The first-order valence-corrected chi connectivity index (χ1v) is 24.2. The summed E-state index contributed by atoms with van der Waals surface area (Å²) < 4.78 is 2.81. The molecule has 0 fully saturated rings. The van der Waals surface area contributed by atoms with Gasteiger partial charge in [-0.15, -0.1) is 10.2 Å². The molecule has 0 unspecified atom stereocenters. The standard InChI is InChI=1S/C27H22ClN7O5.C27H21ClN6O6/c28-20-7-10-23(35-15-30-33-34-35)18(14-20)6-11-24(36)32-22(13-16-2-1-3-19(12-16)25(29)37)26(38)31-21-8-4-17(5-9-21)27(39)40;28-20-7-10-23(34-15-29-32-33-34)18(14-20)6-11-24(35)31-22(13-16-2-1-3-19(12-16)27(39)40)25(36)30-21-8-4-17(5-9-21)26(37)38/h1-12,14-15,22H,13H2,(H2,29,37)(H,31,38)(H,32,36)(H,39,40);1-12,14-15,22H,13H2,(H,30,36)(H,31,35)(H,37,38)(H,39,40)/b2*11-6+/t2*22-/m00/s1. The Hall–Kier alpha value is -10.7. The van der Waals surface area contributed by atoms with Crippen LogP contribution in [0.3, 0.4) is 0 Å².